The summed E-state index contributed by atoms with van der Waals surface area (Å²) in [6.45, 7) is 2.04. The van der Waals surface area contributed by atoms with Gasteiger partial charge in [-0.05, 0) is 43.3 Å². The van der Waals surface area contributed by atoms with Crippen molar-refractivity contribution in [2.24, 2.45) is 0 Å². The van der Waals surface area contributed by atoms with Crippen LogP contribution in [0, 0.1) is 5.82 Å². The molecule has 0 saturated carbocycles. The van der Waals surface area contributed by atoms with Gasteiger partial charge < -0.3 is 14.8 Å². The van der Waals surface area contributed by atoms with Crippen molar-refractivity contribution in [1.29, 1.82) is 0 Å². The first-order valence-corrected chi connectivity index (χ1v) is 8.50. The van der Waals surface area contributed by atoms with Gasteiger partial charge in [-0.1, -0.05) is 6.07 Å². The highest BCUT2D eigenvalue weighted by Crippen LogP contribution is 2.18. The van der Waals surface area contributed by atoms with E-state index in [1.165, 1.54) is 42.1 Å². The van der Waals surface area contributed by atoms with Crippen LogP contribution in [0.5, 0.6) is 11.6 Å². The summed E-state index contributed by atoms with van der Waals surface area (Å²) in [6.07, 6.45) is 0. The first kappa shape index (κ1) is 19.1. The number of aromatic nitrogens is 2. The number of rotatable bonds is 6. The molecule has 3 aromatic rings. The Balaban J connectivity index is 2.00. The van der Waals surface area contributed by atoms with Gasteiger partial charge in [0.15, 0.2) is 5.69 Å². The van der Waals surface area contributed by atoms with E-state index in [9.17, 15) is 14.0 Å². The second-order valence-electron chi connectivity index (χ2n) is 5.70. The molecule has 0 unspecified atom stereocenters. The largest absolute Gasteiger partial charge is 0.497 e. The van der Waals surface area contributed by atoms with E-state index in [0.29, 0.717) is 17.1 Å². The molecule has 0 saturated heterocycles. The van der Waals surface area contributed by atoms with Crippen LogP contribution in [0.1, 0.15) is 17.4 Å². The lowest BCUT2D eigenvalue weighted by molar-refractivity contribution is 0.101. The summed E-state index contributed by atoms with van der Waals surface area (Å²) in [5, 5.41) is 6.76. The summed E-state index contributed by atoms with van der Waals surface area (Å²) in [6, 6.07) is 13.3. The monoisotopic (exact) mass is 383 g/mol. The van der Waals surface area contributed by atoms with Crippen molar-refractivity contribution in [1.82, 2.24) is 9.78 Å². The zero-order chi connectivity index (χ0) is 20.1. The number of anilines is 1. The van der Waals surface area contributed by atoms with Gasteiger partial charge in [0.1, 0.15) is 11.6 Å². The number of benzene rings is 2. The fraction of sp³-hybridized carbons (Fsp3) is 0.150. The highest BCUT2D eigenvalue weighted by molar-refractivity contribution is 6.02. The van der Waals surface area contributed by atoms with Crippen LogP contribution in [-0.4, -0.2) is 29.4 Å². The number of hydrogen-bond donors (Lipinski definition) is 1. The number of nitrogens with zero attached hydrogens (tertiary/aromatic N) is 2. The van der Waals surface area contributed by atoms with E-state index in [1.54, 1.807) is 31.2 Å². The minimum absolute atomic E-state index is 0.150. The van der Waals surface area contributed by atoms with Crippen LogP contribution in [-0.2, 0) is 0 Å². The normalized spacial score (nSPS) is 10.4. The molecule has 1 N–H and O–H groups in total. The number of methoxy groups -OCH3 is 1. The van der Waals surface area contributed by atoms with E-state index in [4.69, 9.17) is 9.47 Å². The molecular weight excluding hydrogens is 365 g/mol. The molecule has 2 aromatic carbocycles. The van der Waals surface area contributed by atoms with Gasteiger partial charge in [-0.25, -0.2) is 9.07 Å². The molecule has 7 nitrogen and oxygen atoms in total. The number of hydrogen-bond acceptors (Lipinski definition) is 5. The van der Waals surface area contributed by atoms with Gasteiger partial charge >= 0.3 is 0 Å². The Morgan fingerprint density at radius 1 is 1.18 bits per heavy atom. The second-order valence-corrected chi connectivity index (χ2v) is 5.70. The van der Waals surface area contributed by atoms with Crippen LogP contribution in [0.2, 0.25) is 0 Å². The molecule has 144 valence electrons. The maximum absolute atomic E-state index is 13.2. The highest BCUT2D eigenvalue weighted by atomic mass is 19.1. The smallest absolute Gasteiger partial charge is 0.280 e. The first-order valence-electron chi connectivity index (χ1n) is 8.50. The second kappa shape index (κ2) is 8.34. The topological polar surface area (TPSA) is 82.5 Å². The predicted octanol–water partition coefficient (Wildman–Crippen LogP) is 3.03. The molecule has 0 aliphatic carbocycles. The summed E-state index contributed by atoms with van der Waals surface area (Å²) < 4.78 is 25.1. The third-order valence-corrected chi connectivity index (χ3v) is 3.80. The van der Waals surface area contributed by atoms with E-state index < -0.39 is 17.2 Å². The van der Waals surface area contributed by atoms with Crippen LogP contribution in [0.15, 0.2) is 59.4 Å². The quantitative estimate of drug-likeness (QED) is 0.708. The number of carbonyl (C=O) groups excluding carboxylic acids is 1. The lowest BCUT2D eigenvalue weighted by Gasteiger charge is -2.14. The average Bonchev–Trinajstić information content (AvgIpc) is 2.69. The van der Waals surface area contributed by atoms with Crippen molar-refractivity contribution in [3.63, 3.8) is 0 Å². The summed E-state index contributed by atoms with van der Waals surface area (Å²) in [7, 11) is 1.51. The van der Waals surface area contributed by atoms with Gasteiger partial charge in [0.2, 0.25) is 11.3 Å². The molecule has 8 heteroatoms. The van der Waals surface area contributed by atoms with Crippen molar-refractivity contribution in [3.05, 3.63) is 76.3 Å². The fourth-order valence-corrected chi connectivity index (χ4v) is 2.51. The molecule has 0 atom stereocenters. The molecule has 1 aromatic heterocycles. The predicted molar refractivity (Wildman–Crippen MR) is 102 cm³/mol. The first-order chi connectivity index (χ1) is 13.5. The highest BCUT2D eigenvalue weighted by Gasteiger charge is 2.18. The van der Waals surface area contributed by atoms with Gasteiger partial charge in [-0.15, -0.1) is 0 Å². The number of carbonyl (C=O) groups is 1. The van der Waals surface area contributed by atoms with Crippen LogP contribution < -0.4 is 20.2 Å². The minimum atomic E-state index is -0.683. The average molecular weight is 383 g/mol. The van der Waals surface area contributed by atoms with Gasteiger partial charge in [-0.3, -0.25) is 9.59 Å². The third-order valence-electron chi connectivity index (χ3n) is 3.80. The summed E-state index contributed by atoms with van der Waals surface area (Å²) in [5.41, 5.74) is -0.0224. The Labute approximate surface area is 160 Å². The van der Waals surface area contributed by atoms with E-state index in [-0.39, 0.29) is 18.2 Å². The number of amides is 1. The Bertz CT molecular complexity index is 1050. The molecule has 0 aliphatic heterocycles. The maximum atomic E-state index is 13.2. The number of ether oxygens (including phenoxy) is 2. The Kier molecular flexibility index (Phi) is 5.69. The van der Waals surface area contributed by atoms with E-state index in [1.807, 2.05) is 0 Å². The van der Waals surface area contributed by atoms with Crippen molar-refractivity contribution in [3.8, 4) is 17.3 Å². The summed E-state index contributed by atoms with van der Waals surface area (Å²) in [4.78, 5) is 25.0. The molecule has 1 amide bonds. The molecule has 0 spiro atoms. The maximum Gasteiger partial charge on any atom is 0.280 e. The van der Waals surface area contributed by atoms with Crippen LogP contribution in [0.25, 0.3) is 5.69 Å². The lowest BCUT2D eigenvalue weighted by atomic mass is 10.2. The Morgan fingerprint density at radius 3 is 2.61 bits per heavy atom. The van der Waals surface area contributed by atoms with E-state index in [2.05, 4.69) is 10.4 Å². The standard InChI is InChI=1S/C20H18FN3O4/c1-3-28-18-12-17(25)19(23-24(18)15-9-7-13(21)8-10-15)20(26)22-14-5-4-6-16(11-14)27-2/h4-12H,3H2,1-2H3,(H,22,26). The molecule has 0 bridgehead atoms. The van der Waals surface area contributed by atoms with Gasteiger partial charge in [0.25, 0.3) is 5.91 Å². The van der Waals surface area contributed by atoms with E-state index >= 15 is 0 Å². The van der Waals surface area contributed by atoms with Crippen molar-refractivity contribution in [2.45, 2.75) is 6.92 Å². The Hall–Kier alpha value is -3.68. The Morgan fingerprint density at radius 2 is 1.93 bits per heavy atom. The van der Waals surface area contributed by atoms with Gasteiger partial charge in [0, 0.05) is 11.8 Å². The van der Waals surface area contributed by atoms with Crippen LogP contribution in [0.3, 0.4) is 0 Å². The van der Waals surface area contributed by atoms with Crippen molar-refractivity contribution >= 4 is 11.6 Å². The lowest BCUT2D eigenvalue weighted by Crippen LogP contribution is -2.26. The van der Waals surface area contributed by atoms with Gasteiger partial charge in [0.05, 0.1) is 25.5 Å². The SMILES string of the molecule is CCOc1cc(=O)c(C(=O)Nc2cccc(OC)c2)nn1-c1ccc(F)cc1. The van der Waals surface area contributed by atoms with Crippen LogP contribution >= 0.6 is 0 Å². The number of nitrogens with one attached hydrogen (secondary N) is 1. The molecule has 0 aliphatic rings. The minimum Gasteiger partial charge on any atom is -0.497 e. The van der Waals surface area contributed by atoms with Crippen LogP contribution in [0.4, 0.5) is 10.1 Å². The molecule has 28 heavy (non-hydrogen) atoms. The molecule has 1 heterocycles. The van der Waals surface area contributed by atoms with E-state index in [0.717, 1.165) is 0 Å². The fourth-order valence-electron chi connectivity index (χ4n) is 2.51. The van der Waals surface area contributed by atoms with Crippen molar-refractivity contribution < 1.29 is 18.7 Å². The molecule has 0 fully saturated rings. The third kappa shape index (κ3) is 4.17. The zero-order valence-corrected chi connectivity index (χ0v) is 15.3. The number of halogens is 1. The summed E-state index contributed by atoms with van der Waals surface area (Å²) in [5.74, 6) is -0.394. The zero-order valence-electron chi connectivity index (χ0n) is 15.3. The molecular formula is C20H18FN3O4. The summed E-state index contributed by atoms with van der Waals surface area (Å²) >= 11 is 0. The molecule has 3 rings (SSSR count). The molecule has 0 radical (unpaired) electrons. The van der Waals surface area contributed by atoms with Crippen molar-refractivity contribution in [2.75, 3.05) is 19.0 Å². The van der Waals surface area contributed by atoms with Gasteiger partial charge in [-0.2, -0.15) is 5.10 Å².